The number of hydrogen-bond acceptors (Lipinski definition) is 4. The Morgan fingerprint density at radius 2 is 2.12 bits per heavy atom. The number of amides is 1. The highest BCUT2D eigenvalue weighted by molar-refractivity contribution is 5.95. The molecule has 0 spiro atoms. The first-order chi connectivity index (χ1) is 11.7. The summed E-state index contributed by atoms with van der Waals surface area (Å²) in [6.07, 6.45) is 4.20. The molecule has 5 nitrogen and oxygen atoms in total. The maximum atomic E-state index is 12.9. The molecule has 3 rings (SSSR count). The number of carbonyl (C=O) groups is 1. The molecule has 2 aliphatic rings. The van der Waals surface area contributed by atoms with Crippen molar-refractivity contribution < 1.29 is 14.3 Å². The highest BCUT2D eigenvalue weighted by Crippen LogP contribution is 2.31. The topological polar surface area (TPSA) is 59.6 Å². The Kier molecular flexibility index (Phi) is 5.87. The van der Waals surface area contributed by atoms with Gasteiger partial charge in [-0.15, -0.1) is 0 Å². The van der Waals surface area contributed by atoms with Gasteiger partial charge in [-0.2, -0.15) is 0 Å². The third kappa shape index (κ3) is 4.56. The van der Waals surface area contributed by atoms with Crippen LogP contribution in [0.3, 0.4) is 0 Å². The van der Waals surface area contributed by atoms with Crippen LogP contribution in [0.2, 0.25) is 0 Å². The van der Waals surface area contributed by atoms with Gasteiger partial charge in [-0.3, -0.25) is 4.79 Å². The molecule has 1 aromatic carbocycles. The first kappa shape index (κ1) is 17.4. The number of methoxy groups -OCH3 is 1. The van der Waals surface area contributed by atoms with Crippen molar-refractivity contribution in [1.82, 2.24) is 5.32 Å². The lowest BCUT2D eigenvalue weighted by molar-refractivity contribution is -0.130. The molecule has 132 valence electrons. The molecular weight excluding hydrogens is 304 g/mol. The molecule has 1 saturated carbocycles. The molecule has 5 heteroatoms. The molecule has 24 heavy (non-hydrogen) atoms. The van der Waals surface area contributed by atoms with Crippen LogP contribution in [0, 0.1) is 11.3 Å². The van der Waals surface area contributed by atoms with Crippen LogP contribution in [-0.2, 0) is 20.9 Å². The molecular formula is C19H28N2O3. The van der Waals surface area contributed by atoms with E-state index in [9.17, 15) is 4.79 Å². The maximum Gasteiger partial charge on any atom is 0.233 e. The van der Waals surface area contributed by atoms with Gasteiger partial charge in [0.25, 0.3) is 0 Å². The van der Waals surface area contributed by atoms with Crippen molar-refractivity contribution >= 4 is 11.6 Å². The van der Waals surface area contributed by atoms with Gasteiger partial charge in [0.05, 0.1) is 18.6 Å². The van der Waals surface area contributed by atoms with E-state index < -0.39 is 5.41 Å². The fourth-order valence-corrected chi connectivity index (χ4v) is 3.25. The Labute approximate surface area is 144 Å². The lowest BCUT2D eigenvalue weighted by Gasteiger charge is -2.35. The molecule has 1 saturated heterocycles. The largest absolute Gasteiger partial charge is 0.384 e. The molecule has 2 fully saturated rings. The molecule has 1 amide bonds. The first-order valence-corrected chi connectivity index (χ1v) is 8.90. The highest BCUT2D eigenvalue weighted by atomic mass is 16.5. The van der Waals surface area contributed by atoms with Gasteiger partial charge in [0.15, 0.2) is 0 Å². The minimum absolute atomic E-state index is 0.0573. The Morgan fingerprint density at radius 3 is 2.83 bits per heavy atom. The van der Waals surface area contributed by atoms with Crippen LogP contribution in [0.5, 0.6) is 0 Å². The van der Waals surface area contributed by atoms with Crippen molar-refractivity contribution in [3.8, 4) is 0 Å². The molecule has 0 aromatic heterocycles. The monoisotopic (exact) mass is 332 g/mol. The standard InChI is InChI=1S/C19H28N2O3/c1-23-14-19(7-9-20-10-8-19)18(22)21-17-4-2-3-16(11-17)13-24-12-15-5-6-15/h2-4,11,15,20H,5-10,12-14H2,1H3,(H,21,22). The van der Waals surface area contributed by atoms with E-state index in [1.165, 1.54) is 12.8 Å². The van der Waals surface area contributed by atoms with Crippen molar-refractivity contribution in [2.75, 3.05) is 38.7 Å². The third-order valence-corrected chi connectivity index (χ3v) is 4.97. The number of hydrogen-bond donors (Lipinski definition) is 2. The lowest BCUT2D eigenvalue weighted by Crippen LogP contribution is -2.47. The van der Waals surface area contributed by atoms with Crippen molar-refractivity contribution in [3.05, 3.63) is 29.8 Å². The number of benzene rings is 1. The average molecular weight is 332 g/mol. The minimum Gasteiger partial charge on any atom is -0.384 e. The number of nitrogens with one attached hydrogen (secondary N) is 2. The molecule has 0 unspecified atom stereocenters. The molecule has 0 bridgehead atoms. The van der Waals surface area contributed by atoms with Crippen molar-refractivity contribution in [1.29, 1.82) is 0 Å². The number of anilines is 1. The lowest BCUT2D eigenvalue weighted by atomic mass is 9.78. The van der Waals surface area contributed by atoms with Crippen LogP contribution in [0.25, 0.3) is 0 Å². The highest BCUT2D eigenvalue weighted by Gasteiger charge is 2.39. The normalized spacial score (nSPS) is 19.9. The zero-order valence-corrected chi connectivity index (χ0v) is 14.5. The van der Waals surface area contributed by atoms with E-state index in [-0.39, 0.29) is 5.91 Å². The minimum atomic E-state index is -0.432. The summed E-state index contributed by atoms with van der Waals surface area (Å²) in [7, 11) is 1.66. The van der Waals surface area contributed by atoms with E-state index in [1.54, 1.807) is 7.11 Å². The summed E-state index contributed by atoms with van der Waals surface area (Å²) in [4.78, 5) is 12.9. The van der Waals surface area contributed by atoms with Gasteiger partial charge in [0, 0.05) is 19.4 Å². The summed E-state index contributed by atoms with van der Waals surface area (Å²) in [5.41, 5.74) is 1.50. The van der Waals surface area contributed by atoms with E-state index in [0.717, 1.165) is 49.7 Å². The van der Waals surface area contributed by atoms with Crippen LogP contribution in [0.15, 0.2) is 24.3 Å². The van der Waals surface area contributed by atoms with Gasteiger partial charge in [0.2, 0.25) is 5.91 Å². The van der Waals surface area contributed by atoms with E-state index >= 15 is 0 Å². The van der Waals surface area contributed by atoms with E-state index in [2.05, 4.69) is 10.6 Å². The fraction of sp³-hybridized carbons (Fsp3) is 0.632. The number of piperidine rings is 1. The summed E-state index contributed by atoms with van der Waals surface area (Å²) in [5, 5.41) is 6.40. The molecule has 1 aromatic rings. The van der Waals surface area contributed by atoms with E-state index in [1.807, 2.05) is 24.3 Å². The Hall–Kier alpha value is -1.43. The SMILES string of the molecule is COCC1(C(=O)Nc2cccc(COCC3CC3)c2)CCNCC1. The number of carbonyl (C=O) groups excluding carboxylic acids is 1. The van der Waals surface area contributed by atoms with Crippen molar-refractivity contribution in [2.24, 2.45) is 11.3 Å². The Morgan fingerprint density at radius 1 is 1.33 bits per heavy atom. The summed E-state index contributed by atoms with van der Waals surface area (Å²) >= 11 is 0. The summed E-state index contributed by atoms with van der Waals surface area (Å²) in [6.45, 7) is 3.62. The summed E-state index contributed by atoms with van der Waals surface area (Å²) < 4.78 is 11.1. The zero-order chi connectivity index (χ0) is 16.8. The van der Waals surface area contributed by atoms with E-state index in [4.69, 9.17) is 9.47 Å². The number of rotatable bonds is 8. The molecule has 1 aliphatic carbocycles. The summed E-state index contributed by atoms with van der Waals surface area (Å²) in [6, 6.07) is 7.95. The number of ether oxygens (including phenoxy) is 2. The Bertz CT molecular complexity index is 546. The van der Waals surface area contributed by atoms with Gasteiger partial charge in [0.1, 0.15) is 0 Å². The van der Waals surface area contributed by atoms with Gasteiger partial charge in [-0.1, -0.05) is 12.1 Å². The quantitative estimate of drug-likeness (QED) is 0.768. The van der Waals surface area contributed by atoms with Gasteiger partial charge in [-0.05, 0) is 62.4 Å². The zero-order valence-electron chi connectivity index (χ0n) is 14.5. The van der Waals surface area contributed by atoms with Crippen LogP contribution in [-0.4, -0.2) is 39.3 Å². The fourth-order valence-electron chi connectivity index (χ4n) is 3.25. The second-order valence-corrected chi connectivity index (χ2v) is 7.08. The smallest absolute Gasteiger partial charge is 0.233 e. The molecule has 2 N–H and O–H groups in total. The molecule has 1 heterocycles. The second kappa shape index (κ2) is 8.10. The van der Waals surface area contributed by atoms with Crippen LogP contribution in [0.4, 0.5) is 5.69 Å². The predicted molar refractivity (Wildman–Crippen MR) is 93.9 cm³/mol. The molecule has 0 radical (unpaired) electrons. The Balaban J connectivity index is 1.59. The second-order valence-electron chi connectivity index (χ2n) is 7.08. The van der Waals surface area contributed by atoms with Crippen LogP contribution < -0.4 is 10.6 Å². The maximum absolute atomic E-state index is 12.9. The van der Waals surface area contributed by atoms with Gasteiger partial charge in [-0.25, -0.2) is 0 Å². The van der Waals surface area contributed by atoms with Crippen LogP contribution in [0.1, 0.15) is 31.2 Å². The molecule has 0 atom stereocenters. The van der Waals surface area contributed by atoms with Crippen molar-refractivity contribution in [3.63, 3.8) is 0 Å². The van der Waals surface area contributed by atoms with E-state index in [0.29, 0.717) is 13.2 Å². The van der Waals surface area contributed by atoms with Crippen LogP contribution >= 0.6 is 0 Å². The average Bonchev–Trinajstić information content (AvgIpc) is 3.41. The van der Waals surface area contributed by atoms with Gasteiger partial charge >= 0.3 is 0 Å². The van der Waals surface area contributed by atoms with Gasteiger partial charge < -0.3 is 20.1 Å². The summed E-state index contributed by atoms with van der Waals surface area (Å²) in [5.74, 6) is 0.823. The predicted octanol–water partition coefficient (Wildman–Crippen LogP) is 2.57. The first-order valence-electron chi connectivity index (χ1n) is 8.90. The third-order valence-electron chi connectivity index (χ3n) is 4.97. The molecule has 1 aliphatic heterocycles. The van der Waals surface area contributed by atoms with Crippen molar-refractivity contribution in [2.45, 2.75) is 32.3 Å².